The van der Waals surface area contributed by atoms with Crippen LogP contribution in [0.5, 0.6) is 0 Å². The van der Waals surface area contributed by atoms with E-state index in [0.717, 1.165) is 22.3 Å². The molecule has 0 saturated carbocycles. The Morgan fingerprint density at radius 3 is 2.05 bits per heavy atom. The number of ketones is 1. The molecular formula is C18H21NO2. The molecule has 1 unspecified atom stereocenters. The molecule has 3 heteroatoms. The average Bonchev–Trinajstić information content (AvgIpc) is 2.48. The molecule has 0 heterocycles. The van der Waals surface area contributed by atoms with Gasteiger partial charge in [0.05, 0.1) is 6.10 Å². The van der Waals surface area contributed by atoms with Crippen LogP contribution in [-0.4, -0.2) is 17.4 Å². The van der Waals surface area contributed by atoms with E-state index in [2.05, 4.69) is 0 Å². The van der Waals surface area contributed by atoms with E-state index in [9.17, 15) is 9.90 Å². The molecule has 0 saturated heterocycles. The van der Waals surface area contributed by atoms with Gasteiger partial charge in [0.25, 0.3) is 0 Å². The monoisotopic (exact) mass is 283 g/mol. The number of Topliss-reactive ketones (excluding diaryl/α,β-unsaturated/α-hetero) is 1. The van der Waals surface area contributed by atoms with Gasteiger partial charge in [-0.15, -0.1) is 0 Å². The number of hydrogen-bond acceptors (Lipinski definition) is 3. The van der Waals surface area contributed by atoms with Crippen LogP contribution in [0.15, 0.2) is 48.5 Å². The molecule has 21 heavy (non-hydrogen) atoms. The number of nitrogens with two attached hydrogens (primary N) is 1. The number of carbonyl (C=O) groups is 1. The van der Waals surface area contributed by atoms with Gasteiger partial charge in [0.1, 0.15) is 5.78 Å². The lowest BCUT2D eigenvalue weighted by Crippen LogP contribution is -2.06. The third-order valence-corrected chi connectivity index (χ3v) is 3.48. The quantitative estimate of drug-likeness (QED) is 0.857. The Kier molecular flexibility index (Phi) is 5.26. The summed E-state index contributed by atoms with van der Waals surface area (Å²) in [6.07, 6.45) is 0.547. The fourth-order valence-corrected chi connectivity index (χ4v) is 2.32. The predicted molar refractivity (Wildman–Crippen MR) is 84.9 cm³/mol. The van der Waals surface area contributed by atoms with E-state index in [-0.39, 0.29) is 5.78 Å². The highest BCUT2D eigenvalue weighted by atomic mass is 16.3. The molecule has 110 valence electrons. The van der Waals surface area contributed by atoms with Crippen molar-refractivity contribution in [3.05, 3.63) is 59.7 Å². The van der Waals surface area contributed by atoms with Crippen molar-refractivity contribution in [3.63, 3.8) is 0 Å². The Labute approximate surface area is 125 Å². The van der Waals surface area contributed by atoms with Crippen LogP contribution >= 0.6 is 0 Å². The number of carbonyl (C=O) groups excluding carboxylic acids is 1. The van der Waals surface area contributed by atoms with Crippen molar-refractivity contribution in [2.24, 2.45) is 5.73 Å². The summed E-state index contributed by atoms with van der Waals surface area (Å²) in [6, 6.07) is 15.8. The van der Waals surface area contributed by atoms with Gasteiger partial charge in [-0.1, -0.05) is 48.5 Å². The van der Waals surface area contributed by atoms with Crippen molar-refractivity contribution in [1.29, 1.82) is 0 Å². The molecule has 1 atom stereocenters. The Morgan fingerprint density at radius 2 is 1.57 bits per heavy atom. The van der Waals surface area contributed by atoms with Gasteiger partial charge in [-0.05, 0) is 42.1 Å². The maximum Gasteiger partial charge on any atom is 0.134 e. The lowest BCUT2D eigenvalue weighted by atomic mass is 9.99. The van der Waals surface area contributed by atoms with Crippen LogP contribution in [0, 0.1) is 0 Å². The summed E-state index contributed by atoms with van der Waals surface area (Å²) in [4.78, 5) is 11.1. The Hall–Kier alpha value is -1.97. The maximum atomic E-state index is 11.1. The highest BCUT2D eigenvalue weighted by molar-refractivity contribution is 5.78. The van der Waals surface area contributed by atoms with Gasteiger partial charge in [0.15, 0.2) is 0 Å². The first-order valence-corrected chi connectivity index (χ1v) is 7.17. The minimum Gasteiger partial charge on any atom is -0.388 e. The molecular weight excluding hydrogens is 262 g/mol. The van der Waals surface area contributed by atoms with Gasteiger partial charge in [0.2, 0.25) is 0 Å². The van der Waals surface area contributed by atoms with Crippen molar-refractivity contribution in [1.82, 2.24) is 0 Å². The third kappa shape index (κ3) is 4.25. The molecule has 0 aliphatic rings. The second-order valence-electron chi connectivity index (χ2n) is 5.29. The first-order chi connectivity index (χ1) is 10.1. The molecule has 0 bridgehead atoms. The highest BCUT2D eigenvalue weighted by Gasteiger charge is 2.06. The molecule has 0 fully saturated rings. The van der Waals surface area contributed by atoms with Crippen LogP contribution < -0.4 is 5.73 Å². The van der Waals surface area contributed by atoms with Crippen molar-refractivity contribution in [2.45, 2.75) is 25.9 Å². The molecule has 0 spiro atoms. The minimum atomic E-state index is -0.498. The molecule has 3 N–H and O–H groups in total. The average molecular weight is 283 g/mol. The Bertz CT molecular complexity index is 588. The highest BCUT2D eigenvalue weighted by Crippen LogP contribution is 2.23. The van der Waals surface area contributed by atoms with Crippen LogP contribution in [0.3, 0.4) is 0 Å². The summed E-state index contributed by atoms with van der Waals surface area (Å²) in [5, 5.41) is 9.89. The van der Waals surface area contributed by atoms with E-state index in [1.165, 1.54) is 0 Å². The van der Waals surface area contributed by atoms with Gasteiger partial charge >= 0.3 is 0 Å². The summed E-state index contributed by atoms with van der Waals surface area (Å²) in [5.41, 5.74) is 9.56. The van der Waals surface area contributed by atoms with E-state index in [0.29, 0.717) is 19.4 Å². The first kappa shape index (κ1) is 15.4. The van der Waals surface area contributed by atoms with Gasteiger partial charge in [-0.3, -0.25) is 4.79 Å². The van der Waals surface area contributed by atoms with Crippen LogP contribution in [0.1, 0.15) is 30.6 Å². The van der Waals surface area contributed by atoms with Crippen LogP contribution in [0.2, 0.25) is 0 Å². The van der Waals surface area contributed by atoms with Gasteiger partial charge in [0, 0.05) is 6.42 Å². The fraction of sp³-hybridized carbons (Fsp3) is 0.278. The number of aliphatic hydroxyl groups is 1. The molecule has 0 radical (unpaired) electrons. The van der Waals surface area contributed by atoms with Crippen LogP contribution in [-0.2, 0) is 11.2 Å². The first-order valence-electron chi connectivity index (χ1n) is 7.17. The second-order valence-corrected chi connectivity index (χ2v) is 5.29. The molecule has 0 aliphatic heterocycles. The van der Waals surface area contributed by atoms with Crippen LogP contribution in [0.4, 0.5) is 0 Å². The molecule has 2 aromatic carbocycles. The smallest absolute Gasteiger partial charge is 0.134 e. The van der Waals surface area contributed by atoms with E-state index >= 15 is 0 Å². The standard InChI is InChI=1S/C18H21NO2/c1-13(20)12-14-2-4-15(5-3-14)16-6-8-17(9-7-16)18(21)10-11-19/h2-9,18,21H,10-12,19H2,1H3. The Morgan fingerprint density at radius 1 is 1.05 bits per heavy atom. The molecule has 3 nitrogen and oxygen atoms in total. The SMILES string of the molecule is CC(=O)Cc1ccc(-c2ccc(C(O)CCN)cc2)cc1. The van der Waals surface area contributed by atoms with Gasteiger partial charge < -0.3 is 10.8 Å². The molecule has 2 rings (SSSR count). The van der Waals surface area contributed by atoms with E-state index < -0.39 is 6.10 Å². The van der Waals surface area contributed by atoms with E-state index in [1.54, 1.807) is 6.92 Å². The summed E-state index contributed by atoms with van der Waals surface area (Å²) in [5.74, 6) is 0.168. The molecule has 0 amide bonds. The predicted octanol–water partition coefficient (Wildman–Crippen LogP) is 2.87. The van der Waals surface area contributed by atoms with Crippen molar-refractivity contribution >= 4 is 5.78 Å². The largest absolute Gasteiger partial charge is 0.388 e. The lowest BCUT2D eigenvalue weighted by Gasteiger charge is -2.10. The van der Waals surface area contributed by atoms with E-state index in [4.69, 9.17) is 5.73 Å². The number of aliphatic hydroxyl groups excluding tert-OH is 1. The fourth-order valence-electron chi connectivity index (χ4n) is 2.32. The number of benzene rings is 2. The zero-order valence-electron chi connectivity index (χ0n) is 12.3. The van der Waals surface area contributed by atoms with Crippen molar-refractivity contribution in [2.75, 3.05) is 6.54 Å². The topological polar surface area (TPSA) is 63.3 Å². The summed E-state index contributed by atoms with van der Waals surface area (Å²) >= 11 is 0. The molecule has 2 aromatic rings. The molecule has 0 aromatic heterocycles. The van der Waals surface area contributed by atoms with Crippen LogP contribution in [0.25, 0.3) is 11.1 Å². The maximum absolute atomic E-state index is 11.1. The molecule has 0 aliphatic carbocycles. The summed E-state index contributed by atoms with van der Waals surface area (Å²) in [6.45, 7) is 2.07. The third-order valence-electron chi connectivity index (χ3n) is 3.48. The normalized spacial score (nSPS) is 12.1. The lowest BCUT2D eigenvalue weighted by molar-refractivity contribution is -0.116. The van der Waals surface area contributed by atoms with E-state index in [1.807, 2.05) is 48.5 Å². The summed E-state index contributed by atoms with van der Waals surface area (Å²) < 4.78 is 0. The van der Waals surface area contributed by atoms with Gasteiger partial charge in [-0.2, -0.15) is 0 Å². The zero-order valence-corrected chi connectivity index (χ0v) is 12.3. The Balaban J connectivity index is 2.13. The van der Waals surface area contributed by atoms with Crippen molar-refractivity contribution in [3.8, 4) is 11.1 Å². The zero-order chi connectivity index (χ0) is 15.2. The minimum absolute atomic E-state index is 0.168. The van der Waals surface area contributed by atoms with Gasteiger partial charge in [-0.25, -0.2) is 0 Å². The number of rotatable bonds is 6. The number of hydrogen-bond donors (Lipinski definition) is 2. The van der Waals surface area contributed by atoms with Crippen molar-refractivity contribution < 1.29 is 9.90 Å². The summed E-state index contributed by atoms with van der Waals surface area (Å²) in [7, 11) is 0. The second kappa shape index (κ2) is 7.16.